The Bertz CT molecular complexity index is 170. The largest absolute Gasteiger partial charge is 0.343 e. The van der Waals surface area contributed by atoms with E-state index < -0.39 is 0 Å². The first-order valence-corrected chi connectivity index (χ1v) is 5.53. The van der Waals surface area contributed by atoms with Crippen LogP contribution < -0.4 is 0 Å². The van der Waals surface area contributed by atoms with Crippen molar-refractivity contribution in [1.82, 2.24) is 4.90 Å². The molecule has 2 amide bonds. The van der Waals surface area contributed by atoms with Gasteiger partial charge >= 0.3 is 6.03 Å². The zero-order valence-corrected chi connectivity index (χ0v) is 9.62. The van der Waals surface area contributed by atoms with E-state index in [1.165, 1.54) is 0 Å². The lowest BCUT2D eigenvalue weighted by Crippen LogP contribution is -2.30. The average molecular weight is 198 g/mol. The molecule has 3 heteroatoms. The Balaban J connectivity index is 4.01. The summed E-state index contributed by atoms with van der Waals surface area (Å²) >= 11 is 0. The van der Waals surface area contributed by atoms with Gasteiger partial charge in [0.1, 0.15) is 0 Å². The van der Waals surface area contributed by atoms with E-state index in [-0.39, 0.29) is 6.03 Å². The zero-order chi connectivity index (χ0) is 10.8. The monoisotopic (exact) mass is 198 g/mol. The van der Waals surface area contributed by atoms with Crippen molar-refractivity contribution >= 4 is 12.2 Å². The summed E-state index contributed by atoms with van der Waals surface area (Å²) in [7, 11) is 0. The molecular formula is C11H22N2O. The first kappa shape index (κ1) is 13.1. The molecule has 0 aliphatic carbocycles. The van der Waals surface area contributed by atoms with E-state index in [4.69, 9.17) is 0 Å². The first-order valence-electron chi connectivity index (χ1n) is 5.53. The molecule has 0 saturated heterocycles. The zero-order valence-electron chi connectivity index (χ0n) is 9.62. The van der Waals surface area contributed by atoms with Crippen LogP contribution in [-0.2, 0) is 0 Å². The third-order valence-electron chi connectivity index (χ3n) is 2.07. The number of carbonyl (C=O) groups excluding carboxylic acids is 1. The number of carbonyl (C=O) groups is 1. The summed E-state index contributed by atoms with van der Waals surface area (Å²) in [6, 6.07) is -0.0885. The van der Waals surface area contributed by atoms with Crippen LogP contribution in [0.1, 0.15) is 46.5 Å². The number of rotatable bonds is 6. The molecule has 0 aromatic heterocycles. The second-order valence-electron chi connectivity index (χ2n) is 3.36. The van der Waals surface area contributed by atoms with Gasteiger partial charge in [0.2, 0.25) is 0 Å². The summed E-state index contributed by atoms with van der Waals surface area (Å²) < 4.78 is 0. The van der Waals surface area contributed by atoms with Gasteiger partial charge in [-0.05, 0) is 19.8 Å². The highest BCUT2D eigenvalue weighted by Crippen LogP contribution is 2.01. The summed E-state index contributed by atoms with van der Waals surface area (Å²) in [6.07, 6.45) is 5.92. The highest BCUT2D eigenvalue weighted by molar-refractivity contribution is 5.82. The van der Waals surface area contributed by atoms with Crippen molar-refractivity contribution < 1.29 is 4.79 Å². The van der Waals surface area contributed by atoms with Crippen molar-refractivity contribution in [2.45, 2.75) is 46.5 Å². The van der Waals surface area contributed by atoms with Gasteiger partial charge in [0.15, 0.2) is 0 Å². The summed E-state index contributed by atoms with van der Waals surface area (Å²) in [5.41, 5.74) is 0. The fourth-order valence-corrected chi connectivity index (χ4v) is 1.19. The third kappa shape index (κ3) is 5.73. The van der Waals surface area contributed by atoms with Crippen LogP contribution in [0, 0.1) is 0 Å². The van der Waals surface area contributed by atoms with Gasteiger partial charge in [0.05, 0.1) is 0 Å². The molecule has 0 spiro atoms. The van der Waals surface area contributed by atoms with Crippen LogP contribution >= 0.6 is 0 Å². The molecule has 3 nitrogen and oxygen atoms in total. The molecule has 0 aliphatic rings. The minimum Gasteiger partial charge on any atom is -0.323 e. The highest BCUT2D eigenvalue weighted by Gasteiger charge is 2.09. The van der Waals surface area contributed by atoms with Gasteiger partial charge in [0.25, 0.3) is 0 Å². The van der Waals surface area contributed by atoms with Crippen molar-refractivity contribution in [3.05, 3.63) is 0 Å². The molecule has 0 unspecified atom stereocenters. The van der Waals surface area contributed by atoms with Gasteiger partial charge in [-0.1, -0.05) is 26.7 Å². The number of unbranched alkanes of at least 4 members (excludes halogenated alkanes) is 2. The molecule has 0 rings (SSSR count). The van der Waals surface area contributed by atoms with Crippen LogP contribution in [0.3, 0.4) is 0 Å². The number of hydrogen-bond acceptors (Lipinski definition) is 1. The molecule has 0 saturated carbocycles. The van der Waals surface area contributed by atoms with Crippen LogP contribution in [0.4, 0.5) is 4.79 Å². The van der Waals surface area contributed by atoms with E-state index >= 15 is 0 Å². The summed E-state index contributed by atoms with van der Waals surface area (Å²) in [5, 5.41) is 0. The highest BCUT2D eigenvalue weighted by atomic mass is 16.2. The standard InChI is InChI=1S/C11H22N2O/c1-4-7-9-13(10-8-5-2)11(14)12-6-3/h6H,4-5,7-10H2,1-3H3. The quantitative estimate of drug-likeness (QED) is 0.604. The molecule has 82 valence electrons. The van der Waals surface area contributed by atoms with Crippen molar-refractivity contribution in [3.63, 3.8) is 0 Å². The van der Waals surface area contributed by atoms with E-state index in [0.717, 1.165) is 38.8 Å². The number of hydrogen-bond donors (Lipinski definition) is 0. The van der Waals surface area contributed by atoms with Gasteiger partial charge in [-0.15, -0.1) is 0 Å². The van der Waals surface area contributed by atoms with Crippen LogP contribution in [0.5, 0.6) is 0 Å². The predicted octanol–water partition coefficient (Wildman–Crippen LogP) is 3.10. The van der Waals surface area contributed by atoms with Crippen LogP contribution in [0.2, 0.25) is 0 Å². The maximum atomic E-state index is 11.5. The Labute approximate surface area is 87.2 Å². The Hall–Kier alpha value is -0.860. The predicted molar refractivity (Wildman–Crippen MR) is 61.0 cm³/mol. The van der Waals surface area contributed by atoms with Gasteiger partial charge in [0, 0.05) is 19.3 Å². The molecule has 0 atom stereocenters. The number of urea groups is 1. The van der Waals surface area contributed by atoms with Crippen molar-refractivity contribution in [2.75, 3.05) is 13.1 Å². The lowest BCUT2D eigenvalue weighted by atomic mass is 10.3. The summed E-state index contributed by atoms with van der Waals surface area (Å²) in [6.45, 7) is 7.71. The molecule has 0 radical (unpaired) electrons. The molecule has 0 heterocycles. The number of aliphatic imine (C=N–C) groups is 1. The van der Waals surface area contributed by atoms with E-state index in [1.807, 2.05) is 4.90 Å². The Morgan fingerprint density at radius 3 is 2.07 bits per heavy atom. The number of nitrogens with zero attached hydrogens (tertiary/aromatic N) is 2. The Kier molecular flexibility index (Phi) is 8.19. The maximum absolute atomic E-state index is 11.5. The van der Waals surface area contributed by atoms with Gasteiger partial charge < -0.3 is 4.90 Å². The molecule has 0 bridgehead atoms. The molecular weight excluding hydrogens is 176 g/mol. The second-order valence-corrected chi connectivity index (χ2v) is 3.36. The summed E-state index contributed by atoms with van der Waals surface area (Å²) in [4.78, 5) is 17.1. The van der Waals surface area contributed by atoms with Gasteiger partial charge in [-0.3, -0.25) is 0 Å². The van der Waals surface area contributed by atoms with Crippen LogP contribution in [-0.4, -0.2) is 30.2 Å². The normalized spacial score (nSPS) is 10.8. The molecule has 0 aliphatic heterocycles. The molecule has 0 fully saturated rings. The first-order chi connectivity index (χ1) is 6.76. The Morgan fingerprint density at radius 2 is 1.71 bits per heavy atom. The van der Waals surface area contributed by atoms with E-state index in [0.29, 0.717) is 0 Å². The van der Waals surface area contributed by atoms with E-state index in [1.54, 1.807) is 13.1 Å². The van der Waals surface area contributed by atoms with Crippen LogP contribution in [0.25, 0.3) is 0 Å². The van der Waals surface area contributed by atoms with Crippen molar-refractivity contribution in [3.8, 4) is 0 Å². The maximum Gasteiger partial charge on any atom is 0.343 e. The second kappa shape index (κ2) is 8.73. The molecule has 0 N–H and O–H groups in total. The Morgan fingerprint density at radius 1 is 1.21 bits per heavy atom. The lowest BCUT2D eigenvalue weighted by Gasteiger charge is -2.19. The third-order valence-corrected chi connectivity index (χ3v) is 2.07. The topological polar surface area (TPSA) is 32.7 Å². The minimum absolute atomic E-state index is 0.0885. The fraction of sp³-hybridized carbons (Fsp3) is 0.818. The van der Waals surface area contributed by atoms with E-state index in [9.17, 15) is 4.79 Å². The van der Waals surface area contributed by atoms with Gasteiger partial charge in [-0.25, -0.2) is 9.79 Å². The average Bonchev–Trinajstić information content (AvgIpc) is 2.18. The van der Waals surface area contributed by atoms with Gasteiger partial charge in [-0.2, -0.15) is 0 Å². The molecule has 0 aromatic carbocycles. The lowest BCUT2D eigenvalue weighted by molar-refractivity contribution is 0.206. The van der Waals surface area contributed by atoms with Crippen molar-refractivity contribution in [2.24, 2.45) is 4.99 Å². The van der Waals surface area contributed by atoms with Crippen molar-refractivity contribution in [1.29, 1.82) is 0 Å². The molecule has 14 heavy (non-hydrogen) atoms. The van der Waals surface area contributed by atoms with E-state index in [2.05, 4.69) is 18.8 Å². The SMILES string of the molecule is CC=NC(=O)N(CCCC)CCCC. The molecule has 0 aromatic rings. The minimum atomic E-state index is -0.0885. The fourth-order valence-electron chi connectivity index (χ4n) is 1.19. The summed E-state index contributed by atoms with van der Waals surface area (Å²) in [5.74, 6) is 0. The van der Waals surface area contributed by atoms with Crippen LogP contribution in [0.15, 0.2) is 4.99 Å². The number of amides is 2. The smallest absolute Gasteiger partial charge is 0.323 e.